The molecule has 5 saturated carbocycles. The Morgan fingerprint density at radius 2 is 1.54 bits per heavy atom. The SMILES string of the molecule is C=CCCCC(=O)C(=O)C(CCC=C)CC(=O)[C@@H]1[C@@H]2[C@H](CN1C(=O)[C@@H](NC(=O)NC13CC4CC(CC(C4)C1)C3)C(C)(C)C)C2(Cl)Cl. The van der Waals surface area contributed by atoms with E-state index in [1.807, 2.05) is 20.8 Å². The number of nitrogens with one attached hydrogen (secondary N) is 2. The van der Waals surface area contributed by atoms with Gasteiger partial charge in [0.1, 0.15) is 10.4 Å². The average Bonchev–Trinajstić information content (AvgIpc) is 3.27. The van der Waals surface area contributed by atoms with Crippen LogP contribution >= 0.6 is 23.2 Å². The summed E-state index contributed by atoms with van der Waals surface area (Å²) >= 11 is 13.2. The highest BCUT2D eigenvalue weighted by molar-refractivity contribution is 6.51. The van der Waals surface area contributed by atoms with Gasteiger partial charge in [0.05, 0.1) is 6.04 Å². The molecule has 6 rings (SSSR count). The van der Waals surface area contributed by atoms with E-state index in [-0.39, 0.29) is 48.6 Å². The lowest BCUT2D eigenvalue weighted by molar-refractivity contribution is -0.144. The fraction of sp³-hybridized carbons (Fsp3) is 0.750. The summed E-state index contributed by atoms with van der Waals surface area (Å²) < 4.78 is -1.15. The number of fused-ring (bicyclic) bond motifs is 1. The third-order valence-electron chi connectivity index (χ3n) is 11.4. The third kappa shape index (κ3) is 7.13. The van der Waals surface area contributed by atoms with Gasteiger partial charge in [-0.1, -0.05) is 32.9 Å². The van der Waals surface area contributed by atoms with Crippen LogP contribution in [0.5, 0.6) is 0 Å². The first kappa shape index (κ1) is 35.1. The fourth-order valence-corrected chi connectivity index (χ4v) is 10.3. The summed E-state index contributed by atoms with van der Waals surface area (Å²) in [5.74, 6) is -1.39. The van der Waals surface area contributed by atoms with E-state index in [1.54, 1.807) is 12.2 Å². The second kappa shape index (κ2) is 13.4. The molecule has 0 aromatic rings. The number of likely N-dealkylation sites (tertiary alicyclic amines) is 1. The number of carbonyl (C=O) groups is 5. The number of unbranched alkanes of at least 4 members (excludes halogenated alkanes) is 1. The third-order valence-corrected chi connectivity index (χ3v) is 12.4. The Morgan fingerprint density at radius 1 is 0.957 bits per heavy atom. The molecule has 0 aromatic carbocycles. The molecule has 10 heteroatoms. The standard InChI is InChI=1S/C36H51Cl2N3O5/c1-6-8-10-12-26(42)30(44)24(11-9-7-2)16-27(43)29-28-25(36(28,37)38)20-41(29)32(45)31(34(3,4)5)39-33(46)40-35-17-21-13-22(18-35)15-23(14-21)19-35/h6-7,21-25,28-29,31H,1-2,8-20H2,3-5H3,(H2,39,40,46)/t21?,22?,23?,24?,25-,28-,29+,31+,35?/m0/s1. The highest BCUT2D eigenvalue weighted by atomic mass is 35.5. The molecule has 0 aromatic heterocycles. The van der Waals surface area contributed by atoms with Crippen LogP contribution in [-0.2, 0) is 19.2 Å². The molecule has 8 nitrogen and oxygen atoms in total. The average molecular weight is 677 g/mol. The lowest BCUT2D eigenvalue weighted by Crippen LogP contribution is -2.65. The highest BCUT2D eigenvalue weighted by Crippen LogP contribution is 2.65. The van der Waals surface area contributed by atoms with E-state index in [0.717, 1.165) is 19.3 Å². The van der Waals surface area contributed by atoms with E-state index in [1.165, 1.54) is 24.2 Å². The van der Waals surface area contributed by atoms with Crippen molar-refractivity contribution in [2.75, 3.05) is 6.54 Å². The molecule has 1 unspecified atom stereocenters. The van der Waals surface area contributed by atoms with E-state index in [9.17, 15) is 24.0 Å². The van der Waals surface area contributed by atoms with Gasteiger partial charge in [-0.15, -0.1) is 36.4 Å². The van der Waals surface area contributed by atoms with Gasteiger partial charge in [0.15, 0.2) is 11.6 Å². The molecule has 5 aliphatic carbocycles. The lowest BCUT2D eigenvalue weighted by Gasteiger charge is -2.56. The molecule has 6 fully saturated rings. The van der Waals surface area contributed by atoms with E-state index in [0.29, 0.717) is 43.4 Å². The maximum absolute atomic E-state index is 14.3. The predicted molar refractivity (Wildman–Crippen MR) is 179 cm³/mol. The summed E-state index contributed by atoms with van der Waals surface area (Å²) in [5.41, 5.74) is -0.874. The number of nitrogens with zero attached hydrogens (tertiary/aromatic N) is 1. The number of amides is 3. The Kier molecular flexibility index (Phi) is 10.2. The summed E-state index contributed by atoms with van der Waals surface area (Å²) in [6.07, 6.45) is 11.9. The molecule has 3 amide bonds. The lowest BCUT2D eigenvalue weighted by atomic mass is 9.53. The molecule has 0 spiro atoms. The molecule has 6 aliphatic rings. The first-order chi connectivity index (χ1) is 21.6. The summed E-state index contributed by atoms with van der Waals surface area (Å²) in [6, 6.07) is -2.20. The molecule has 1 heterocycles. The van der Waals surface area contributed by atoms with Gasteiger partial charge in [-0.05, 0) is 87.4 Å². The van der Waals surface area contributed by atoms with Crippen molar-refractivity contribution >= 4 is 52.5 Å². The van der Waals surface area contributed by atoms with Crippen LogP contribution in [0.15, 0.2) is 25.3 Å². The van der Waals surface area contributed by atoms with Crippen molar-refractivity contribution in [1.29, 1.82) is 0 Å². The zero-order valence-corrected chi connectivity index (χ0v) is 29.1. The van der Waals surface area contributed by atoms with Gasteiger partial charge in [0.25, 0.3) is 0 Å². The number of rotatable bonds is 15. The molecule has 1 saturated heterocycles. The molecule has 2 N–H and O–H groups in total. The van der Waals surface area contributed by atoms with E-state index >= 15 is 0 Å². The topological polar surface area (TPSA) is 113 Å². The Bertz CT molecular complexity index is 1240. The van der Waals surface area contributed by atoms with Crippen LogP contribution in [0.1, 0.15) is 97.8 Å². The Hall–Kier alpha value is -2.19. The molecular weight excluding hydrogens is 625 g/mol. The largest absolute Gasteiger partial charge is 0.333 e. The van der Waals surface area contributed by atoms with Gasteiger partial charge >= 0.3 is 6.03 Å². The number of piperidine rings is 1. The van der Waals surface area contributed by atoms with Gasteiger partial charge in [0, 0.05) is 42.7 Å². The van der Waals surface area contributed by atoms with Crippen molar-refractivity contribution in [2.24, 2.45) is 40.9 Å². The molecule has 5 atom stereocenters. The second-order valence-corrected chi connectivity index (χ2v) is 17.5. The number of alkyl halides is 2. The maximum atomic E-state index is 14.3. The molecule has 1 aliphatic heterocycles. The van der Waals surface area contributed by atoms with Gasteiger partial charge in [-0.3, -0.25) is 19.2 Å². The summed E-state index contributed by atoms with van der Waals surface area (Å²) in [7, 11) is 0. The van der Waals surface area contributed by atoms with Crippen molar-refractivity contribution in [1.82, 2.24) is 15.5 Å². The zero-order chi connectivity index (χ0) is 33.6. The van der Waals surface area contributed by atoms with Gasteiger partial charge in [0.2, 0.25) is 11.7 Å². The van der Waals surface area contributed by atoms with E-state index in [2.05, 4.69) is 23.8 Å². The Labute approximate surface area is 283 Å². The number of Topliss-reactive ketones (excluding diaryl/α,β-unsaturated/α-hetero) is 3. The number of hydrogen-bond donors (Lipinski definition) is 2. The zero-order valence-electron chi connectivity index (χ0n) is 27.6. The number of allylic oxidation sites excluding steroid dienone is 2. The number of urea groups is 1. The van der Waals surface area contributed by atoms with Crippen molar-refractivity contribution in [3.8, 4) is 0 Å². The van der Waals surface area contributed by atoms with Crippen LogP contribution in [0, 0.1) is 40.9 Å². The second-order valence-electron chi connectivity index (χ2n) is 16.0. The molecule has 254 valence electrons. The number of carbonyl (C=O) groups excluding carboxylic acids is 5. The van der Waals surface area contributed by atoms with Crippen molar-refractivity contribution in [2.45, 2.75) is 120 Å². The quantitative estimate of drug-likeness (QED) is 0.0911. The number of ketones is 3. The highest BCUT2D eigenvalue weighted by Gasteiger charge is 2.73. The fourth-order valence-electron chi connectivity index (χ4n) is 9.46. The van der Waals surface area contributed by atoms with E-state index < -0.39 is 45.2 Å². The van der Waals surface area contributed by atoms with Crippen LogP contribution in [0.2, 0.25) is 0 Å². The van der Waals surface area contributed by atoms with Crippen LogP contribution in [0.3, 0.4) is 0 Å². The summed E-state index contributed by atoms with van der Waals surface area (Å²) in [4.78, 5) is 69.4. The smallest absolute Gasteiger partial charge is 0.315 e. The minimum atomic E-state index is -1.15. The monoisotopic (exact) mass is 675 g/mol. The van der Waals surface area contributed by atoms with Crippen LogP contribution < -0.4 is 10.6 Å². The van der Waals surface area contributed by atoms with Gasteiger partial charge in [-0.25, -0.2) is 4.79 Å². The predicted octanol–water partition coefficient (Wildman–Crippen LogP) is 6.34. The molecule has 0 radical (unpaired) electrons. The number of hydrogen-bond acceptors (Lipinski definition) is 5. The van der Waals surface area contributed by atoms with Gasteiger partial charge in [-0.2, -0.15) is 0 Å². The summed E-state index contributed by atoms with van der Waals surface area (Å²) in [6.45, 7) is 13.3. The first-order valence-electron chi connectivity index (χ1n) is 17.2. The maximum Gasteiger partial charge on any atom is 0.315 e. The molecule has 4 bridgehead atoms. The van der Waals surface area contributed by atoms with E-state index in [4.69, 9.17) is 23.2 Å². The van der Waals surface area contributed by atoms with Crippen molar-refractivity contribution in [3.63, 3.8) is 0 Å². The minimum absolute atomic E-state index is 0.0963. The first-order valence-corrected chi connectivity index (χ1v) is 17.9. The van der Waals surface area contributed by atoms with Crippen LogP contribution in [0.4, 0.5) is 4.79 Å². The molecular formula is C36H51Cl2N3O5. The van der Waals surface area contributed by atoms with Crippen molar-refractivity contribution in [3.05, 3.63) is 25.3 Å². The Morgan fingerprint density at radius 3 is 2.09 bits per heavy atom. The normalized spacial score (nSPS) is 33.0. The summed E-state index contributed by atoms with van der Waals surface area (Å²) in [5, 5.41) is 6.32. The van der Waals surface area contributed by atoms with Crippen molar-refractivity contribution < 1.29 is 24.0 Å². The van der Waals surface area contributed by atoms with Gasteiger partial charge < -0.3 is 15.5 Å². The Balaban J connectivity index is 1.30. The molecule has 46 heavy (non-hydrogen) atoms. The minimum Gasteiger partial charge on any atom is -0.333 e. The van der Waals surface area contributed by atoms with Crippen LogP contribution in [-0.4, -0.2) is 62.7 Å². The number of halogens is 2. The van der Waals surface area contributed by atoms with Crippen LogP contribution in [0.25, 0.3) is 0 Å².